The maximum Gasteiger partial charge on any atom is 0.119 e. The number of halogens is 1. The molecule has 1 rings (SSSR count). The van der Waals surface area contributed by atoms with Gasteiger partial charge >= 0.3 is 0 Å². The molecule has 0 saturated heterocycles. The van der Waals surface area contributed by atoms with Gasteiger partial charge in [-0.25, -0.2) is 0 Å². The first kappa shape index (κ1) is 22.3. The number of benzene rings is 1. The minimum Gasteiger partial charge on any atom is -0.493 e. The smallest absolute Gasteiger partial charge is 0.119 e. The summed E-state index contributed by atoms with van der Waals surface area (Å²) in [6.45, 7) is 1.34. The number of aliphatic hydroxyl groups is 3. The number of aliphatic hydroxyl groups excluding tert-OH is 3. The fraction of sp³-hybridized carbons (Fsp3) is 0.647. The van der Waals surface area contributed by atoms with E-state index in [0.717, 1.165) is 4.47 Å². The van der Waals surface area contributed by atoms with Gasteiger partial charge < -0.3 is 34.3 Å². The molecule has 0 amide bonds. The van der Waals surface area contributed by atoms with Crippen LogP contribution in [-0.4, -0.2) is 81.4 Å². The van der Waals surface area contributed by atoms with E-state index in [2.05, 4.69) is 15.9 Å². The fourth-order valence-electron chi connectivity index (χ4n) is 2.08. The van der Waals surface area contributed by atoms with Crippen LogP contribution in [0.1, 0.15) is 0 Å². The molecule has 0 bridgehead atoms. The van der Waals surface area contributed by atoms with Crippen molar-refractivity contribution in [1.82, 2.24) is 0 Å². The van der Waals surface area contributed by atoms with Crippen molar-refractivity contribution in [1.29, 1.82) is 0 Å². The van der Waals surface area contributed by atoms with Crippen LogP contribution in [0.5, 0.6) is 5.75 Å². The van der Waals surface area contributed by atoms with Crippen molar-refractivity contribution >= 4 is 15.9 Å². The molecule has 0 aromatic heterocycles. The zero-order chi connectivity index (χ0) is 18.4. The molecule has 0 spiro atoms. The normalized spacial score (nSPS) is 11.7. The molecule has 0 aliphatic heterocycles. The first-order valence-corrected chi connectivity index (χ1v) is 8.89. The van der Waals surface area contributed by atoms with Crippen molar-refractivity contribution in [2.24, 2.45) is 5.41 Å². The minimum absolute atomic E-state index is 0.0847. The summed E-state index contributed by atoms with van der Waals surface area (Å²) in [4.78, 5) is 0. The molecule has 0 atom stereocenters. The monoisotopic (exact) mass is 422 g/mol. The van der Waals surface area contributed by atoms with Gasteiger partial charge in [0.25, 0.3) is 0 Å². The SMILES string of the molecule is OCCOCC(COCCO)(COCCO)COc1ccc(Br)cc1. The van der Waals surface area contributed by atoms with Crippen LogP contribution in [0.3, 0.4) is 0 Å². The van der Waals surface area contributed by atoms with E-state index in [1.807, 2.05) is 24.3 Å². The Morgan fingerprint density at radius 3 is 1.56 bits per heavy atom. The van der Waals surface area contributed by atoms with E-state index in [9.17, 15) is 0 Å². The van der Waals surface area contributed by atoms with Gasteiger partial charge in [0.15, 0.2) is 0 Å². The maximum atomic E-state index is 8.94. The van der Waals surface area contributed by atoms with E-state index < -0.39 is 5.41 Å². The van der Waals surface area contributed by atoms with E-state index in [1.165, 1.54) is 0 Å². The molecule has 0 aliphatic carbocycles. The first-order chi connectivity index (χ1) is 12.2. The summed E-state index contributed by atoms with van der Waals surface area (Å²) in [6.07, 6.45) is 0. The third-order valence-electron chi connectivity index (χ3n) is 3.29. The molecule has 1 aromatic rings. The third-order valence-corrected chi connectivity index (χ3v) is 3.82. The van der Waals surface area contributed by atoms with E-state index in [1.54, 1.807) is 0 Å². The Kier molecular flexibility index (Phi) is 12.0. The van der Waals surface area contributed by atoms with Gasteiger partial charge in [0, 0.05) is 4.47 Å². The lowest BCUT2D eigenvalue weighted by Crippen LogP contribution is -2.43. The van der Waals surface area contributed by atoms with Crippen LogP contribution in [0.15, 0.2) is 28.7 Å². The molecule has 0 heterocycles. The van der Waals surface area contributed by atoms with Crippen LogP contribution in [0, 0.1) is 5.41 Å². The van der Waals surface area contributed by atoms with Crippen LogP contribution < -0.4 is 4.74 Å². The molecule has 0 aliphatic rings. The van der Waals surface area contributed by atoms with E-state index >= 15 is 0 Å². The van der Waals surface area contributed by atoms with E-state index in [-0.39, 0.29) is 66.1 Å². The number of hydrogen-bond acceptors (Lipinski definition) is 7. The van der Waals surface area contributed by atoms with Gasteiger partial charge in [0.1, 0.15) is 12.4 Å². The molecule has 3 N–H and O–H groups in total. The lowest BCUT2D eigenvalue weighted by Gasteiger charge is -2.33. The van der Waals surface area contributed by atoms with Gasteiger partial charge in [0.05, 0.1) is 64.9 Å². The summed E-state index contributed by atoms with van der Waals surface area (Å²) in [7, 11) is 0. The van der Waals surface area contributed by atoms with Gasteiger partial charge in [-0.05, 0) is 24.3 Å². The van der Waals surface area contributed by atoms with Gasteiger partial charge in [-0.15, -0.1) is 0 Å². The molecular formula is C17H27BrO7. The van der Waals surface area contributed by atoms with Gasteiger partial charge in [-0.2, -0.15) is 0 Å². The zero-order valence-corrected chi connectivity index (χ0v) is 15.8. The van der Waals surface area contributed by atoms with Crippen LogP contribution in [0.4, 0.5) is 0 Å². The molecule has 0 radical (unpaired) electrons. The number of ether oxygens (including phenoxy) is 4. The Bertz CT molecular complexity index is 415. The third kappa shape index (κ3) is 9.50. The quantitative estimate of drug-likeness (QED) is 0.360. The van der Waals surface area contributed by atoms with E-state index in [0.29, 0.717) is 5.75 Å². The Morgan fingerprint density at radius 1 is 0.720 bits per heavy atom. The minimum atomic E-state index is -0.632. The molecule has 0 fully saturated rings. The first-order valence-electron chi connectivity index (χ1n) is 8.10. The summed E-state index contributed by atoms with van der Waals surface area (Å²) in [6, 6.07) is 7.44. The predicted molar refractivity (Wildman–Crippen MR) is 95.8 cm³/mol. The average Bonchev–Trinajstić information content (AvgIpc) is 2.62. The Balaban J connectivity index is 2.75. The average molecular weight is 423 g/mol. The molecule has 25 heavy (non-hydrogen) atoms. The zero-order valence-electron chi connectivity index (χ0n) is 14.2. The molecule has 1 aromatic carbocycles. The van der Waals surface area contributed by atoms with Crippen molar-refractivity contribution in [2.45, 2.75) is 0 Å². The summed E-state index contributed by atoms with van der Waals surface area (Å²) in [5.74, 6) is 0.694. The summed E-state index contributed by atoms with van der Waals surface area (Å²) in [5.41, 5.74) is -0.632. The fourth-order valence-corrected chi connectivity index (χ4v) is 2.34. The second kappa shape index (κ2) is 13.5. The molecule has 7 nitrogen and oxygen atoms in total. The number of rotatable bonds is 15. The predicted octanol–water partition coefficient (Wildman–Crippen LogP) is 0.841. The van der Waals surface area contributed by atoms with Crippen molar-refractivity contribution in [3.63, 3.8) is 0 Å². The van der Waals surface area contributed by atoms with E-state index in [4.69, 9.17) is 34.3 Å². The highest BCUT2D eigenvalue weighted by atomic mass is 79.9. The van der Waals surface area contributed by atoms with Crippen LogP contribution in [-0.2, 0) is 14.2 Å². The van der Waals surface area contributed by atoms with Crippen molar-refractivity contribution in [3.8, 4) is 5.75 Å². The summed E-state index contributed by atoms with van der Waals surface area (Å²) in [5, 5.41) is 26.8. The lowest BCUT2D eigenvalue weighted by molar-refractivity contribution is -0.0966. The Morgan fingerprint density at radius 2 is 1.16 bits per heavy atom. The lowest BCUT2D eigenvalue weighted by atomic mass is 9.92. The highest BCUT2D eigenvalue weighted by molar-refractivity contribution is 9.10. The van der Waals surface area contributed by atoms with Crippen LogP contribution >= 0.6 is 15.9 Å². The molecule has 144 valence electrons. The number of hydrogen-bond donors (Lipinski definition) is 3. The highest BCUT2D eigenvalue weighted by Gasteiger charge is 2.33. The van der Waals surface area contributed by atoms with Crippen LogP contribution in [0.2, 0.25) is 0 Å². The molecule has 0 saturated carbocycles. The second-order valence-corrected chi connectivity index (χ2v) is 6.49. The molecule has 0 unspecified atom stereocenters. The van der Waals surface area contributed by atoms with Gasteiger partial charge in [0.2, 0.25) is 0 Å². The van der Waals surface area contributed by atoms with Crippen molar-refractivity contribution in [3.05, 3.63) is 28.7 Å². The van der Waals surface area contributed by atoms with Gasteiger partial charge in [-0.3, -0.25) is 0 Å². The summed E-state index contributed by atoms with van der Waals surface area (Å²) >= 11 is 3.38. The highest BCUT2D eigenvalue weighted by Crippen LogP contribution is 2.23. The van der Waals surface area contributed by atoms with Gasteiger partial charge in [-0.1, -0.05) is 15.9 Å². The Hall–Kier alpha value is -0.740. The largest absolute Gasteiger partial charge is 0.493 e. The molecular weight excluding hydrogens is 396 g/mol. The van der Waals surface area contributed by atoms with Crippen LogP contribution in [0.25, 0.3) is 0 Å². The molecule has 8 heteroatoms. The summed E-state index contributed by atoms with van der Waals surface area (Å²) < 4.78 is 23.3. The Labute approximate surface area is 156 Å². The van der Waals surface area contributed by atoms with Crippen molar-refractivity contribution in [2.75, 3.05) is 66.1 Å². The standard InChI is InChI=1S/C17H27BrO7/c18-15-1-3-16(4-2-15)25-14-17(11-22-8-5-19,12-23-9-6-20)13-24-10-7-21/h1-4,19-21H,5-14H2. The maximum absolute atomic E-state index is 8.94. The van der Waals surface area contributed by atoms with Crippen molar-refractivity contribution < 1.29 is 34.3 Å². The second-order valence-electron chi connectivity index (χ2n) is 5.57. The topological polar surface area (TPSA) is 97.6 Å².